The van der Waals surface area contributed by atoms with E-state index in [-0.39, 0.29) is 17.1 Å². The minimum atomic E-state index is -4.61. The lowest BCUT2D eigenvalue weighted by atomic mass is 10.1. The van der Waals surface area contributed by atoms with Crippen molar-refractivity contribution in [3.8, 4) is 0 Å². The van der Waals surface area contributed by atoms with E-state index in [1.807, 2.05) is 0 Å². The van der Waals surface area contributed by atoms with Crippen LogP contribution in [0.15, 0.2) is 76.8 Å². The highest BCUT2D eigenvalue weighted by Crippen LogP contribution is 2.27. The molecule has 0 aliphatic rings. The van der Waals surface area contributed by atoms with Crippen molar-refractivity contribution in [3.05, 3.63) is 83.9 Å². The van der Waals surface area contributed by atoms with Gasteiger partial charge in [-0.15, -0.1) is 0 Å². The highest BCUT2D eigenvalue weighted by atomic mass is 32.2. The van der Waals surface area contributed by atoms with Gasteiger partial charge in [-0.2, -0.15) is 13.2 Å². The Labute approximate surface area is 181 Å². The maximum Gasteiger partial charge on any atom is 0.393 e. The lowest BCUT2D eigenvalue weighted by molar-refractivity contribution is -0.127. The Morgan fingerprint density at radius 1 is 0.969 bits per heavy atom. The van der Waals surface area contributed by atoms with E-state index in [1.54, 1.807) is 24.5 Å². The van der Waals surface area contributed by atoms with Crippen LogP contribution in [0.5, 0.6) is 0 Å². The SMILES string of the molecule is O=C(NCc1cccnc1)Nc1ccc(S(=O)(=O)c2cc(F)cc(CC(F)(F)F)c2)cc1. The molecule has 3 aromatic rings. The summed E-state index contributed by atoms with van der Waals surface area (Å²) in [6, 6.07) is 10.0. The second-order valence-corrected chi connectivity index (χ2v) is 8.73. The number of carbonyl (C=O) groups excluding carboxylic acids is 1. The van der Waals surface area contributed by atoms with Crippen molar-refractivity contribution in [2.45, 2.75) is 28.9 Å². The molecule has 0 bridgehead atoms. The van der Waals surface area contributed by atoms with Gasteiger partial charge < -0.3 is 10.6 Å². The van der Waals surface area contributed by atoms with Crippen LogP contribution in [0.2, 0.25) is 0 Å². The fraction of sp³-hybridized carbons (Fsp3) is 0.143. The highest BCUT2D eigenvalue weighted by Gasteiger charge is 2.29. The lowest BCUT2D eigenvalue weighted by Gasteiger charge is -2.11. The fourth-order valence-electron chi connectivity index (χ4n) is 2.82. The maximum atomic E-state index is 13.8. The quantitative estimate of drug-likeness (QED) is 0.524. The number of aromatic nitrogens is 1. The molecule has 0 radical (unpaired) electrons. The average Bonchev–Trinajstić information content (AvgIpc) is 2.72. The van der Waals surface area contributed by atoms with Crippen LogP contribution >= 0.6 is 0 Å². The molecule has 3 rings (SSSR count). The number of anilines is 1. The van der Waals surface area contributed by atoms with E-state index in [4.69, 9.17) is 0 Å². The smallest absolute Gasteiger partial charge is 0.334 e. The van der Waals surface area contributed by atoms with Gasteiger partial charge in [-0.05, 0) is 59.7 Å². The van der Waals surface area contributed by atoms with E-state index in [9.17, 15) is 30.8 Å². The van der Waals surface area contributed by atoms with Gasteiger partial charge in [-0.1, -0.05) is 6.07 Å². The third-order valence-corrected chi connectivity index (χ3v) is 5.99. The number of alkyl halides is 3. The standard InChI is InChI=1S/C21H17F4N3O3S/c22-16-8-15(11-21(23,24)25)9-19(10-16)32(30,31)18-5-3-17(4-6-18)28-20(29)27-13-14-2-1-7-26-12-14/h1-10,12H,11,13H2,(H2,27,28,29). The first-order chi connectivity index (χ1) is 15.0. The Morgan fingerprint density at radius 2 is 1.69 bits per heavy atom. The normalized spacial score (nSPS) is 11.8. The number of hydrogen-bond acceptors (Lipinski definition) is 4. The summed E-state index contributed by atoms with van der Waals surface area (Å²) in [5.41, 5.74) is 0.563. The van der Waals surface area contributed by atoms with Gasteiger partial charge >= 0.3 is 12.2 Å². The zero-order chi connectivity index (χ0) is 23.4. The predicted octanol–water partition coefficient (Wildman–Crippen LogP) is 4.48. The summed E-state index contributed by atoms with van der Waals surface area (Å²) in [7, 11) is -4.27. The van der Waals surface area contributed by atoms with Crippen LogP contribution in [0.25, 0.3) is 0 Å². The van der Waals surface area contributed by atoms with Crippen LogP contribution in [0.1, 0.15) is 11.1 Å². The number of benzene rings is 2. The molecule has 0 saturated carbocycles. The number of nitrogens with zero attached hydrogens (tertiary/aromatic N) is 1. The predicted molar refractivity (Wildman–Crippen MR) is 108 cm³/mol. The number of hydrogen-bond donors (Lipinski definition) is 2. The minimum absolute atomic E-state index is 0.228. The molecule has 32 heavy (non-hydrogen) atoms. The van der Waals surface area contributed by atoms with E-state index in [0.29, 0.717) is 12.1 Å². The van der Waals surface area contributed by atoms with Gasteiger partial charge in [0.15, 0.2) is 0 Å². The molecule has 0 aliphatic heterocycles. The van der Waals surface area contributed by atoms with Crippen molar-refractivity contribution < 1.29 is 30.8 Å². The highest BCUT2D eigenvalue weighted by molar-refractivity contribution is 7.91. The first-order valence-corrected chi connectivity index (χ1v) is 10.7. The Morgan fingerprint density at radius 3 is 2.31 bits per heavy atom. The molecule has 2 aromatic carbocycles. The molecule has 11 heteroatoms. The van der Waals surface area contributed by atoms with Crippen LogP contribution in [-0.4, -0.2) is 25.6 Å². The molecule has 1 aromatic heterocycles. The van der Waals surface area contributed by atoms with Gasteiger partial charge in [0.2, 0.25) is 9.84 Å². The number of urea groups is 1. The molecular formula is C21H17F4N3O3S. The number of nitrogens with one attached hydrogen (secondary N) is 2. The van der Waals surface area contributed by atoms with Crippen LogP contribution in [-0.2, 0) is 22.8 Å². The van der Waals surface area contributed by atoms with E-state index in [2.05, 4.69) is 15.6 Å². The molecule has 0 saturated heterocycles. The molecule has 2 amide bonds. The molecular weight excluding hydrogens is 450 g/mol. The Bertz CT molecular complexity index is 1200. The van der Waals surface area contributed by atoms with Crippen molar-refractivity contribution in [2.24, 2.45) is 0 Å². The van der Waals surface area contributed by atoms with Crippen molar-refractivity contribution in [3.63, 3.8) is 0 Å². The molecule has 0 fully saturated rings. The number of rotatable bonds is 6. The van der Waals surface area contributed by atoms with Crippen molar-refractivity contribution in [1.82, 2.24) is 10.3 Å². The molecule has 168 valence electrons. The molecule has 1 heterocycles. The lowest BCUT2D eigenvalue weighted by Crippen LogP contribution is -2.28. The zero-order valence-corrected chi connectivity index (χ0v) is 17.2. The second-order valence-electron chi connectivity index (χ2n) is 6.78. The molecule has 0 unspecified atom stereocenters. The number of halogens is 4. The molecule has 0 atom stereocenters. The second kappa shape index (κ2) is 9.35. The largest absolute Gasteiger partial charge is 0.393 e. The van der Waals surface area contributed by atoms with Crippen LogP contribution < -0.4 is 10.6 Å². The summed E-state index contributed by atoms with van der Waals surface area (Å²) in [6.45, 7) is 0.228. The van der Waals surface area contributed by atoms with E-state index < -0.39 is 44.7 Å². The fourth-order valence-corrected chi connectivity index (χ4v) is 4.16. The first kappa shape index (κ1) is 23.2. The van der Waals surface area contributed by atoms with Crippen molar-refractivity contribution >= 4 is 21.6 Å². The first-order valence-electron chi connectivity index (χ1n) is 9.18. The van der Waals surface area contributed by atoms with Gasteiger partial charge in [0.1, 0.15) is 5.82 Å². The summed E-state index contributed by atoms with van der Waals surface area (Å²) in [6.07, 6.45) is -2.88. The monoisotopic (exact) mass is 467 g/mol. The summed E-state index contributed by atoms with van der Waals surface area (Å²) in [5, 5.41) is 5.13. The molecule has 0 spiro atoms. The Hall–Kier alpha value is -3.47. The third kappa shape index (κ3) is 6.27. The summed E-state index contributed by atoms with van der Waals surface area (Å²) in [4.78, 5) is 15.1. The number of pyridine rings is 1. The minimum Gasteiger partial charge on any atom is -0.334 e. The molecule has 2 N–H and O–H groups in total. The van der Waals surface area contributed by atoms with Crippen LogP contribution in [0.4, 0.5) is 28.0 Å². The maximum absolute atomic E-state index is 13.8. The van der Waals surface area contributed by atoms with Gasteiger partial charge in [0, 0.05) is 24.6 Å². The number of sulfone groups is 1. The van der Waals surface area contributed by atoms with E-state index >= 15 is 0 Å². The topological polar surface area (TPSA) is 88.2 Å². The average molecular weight is 467 g/mol. The van der Waals surface area contributed by atoms with E-state index in [0.717, 1.165) is 11.6 Å². The summed E-state index contributed by atoms with van der Waals surface area (Å²) < 4.78 is 77.1. The van der Waals surface area contributed by atoms with Crippen LogP contribution in [0, 0.1) is 5.82 Å². The van der Waals surface area contributed by atoms with Crippen LogP contribution in [0.3, 0.4) is 0 Å². The van der Waals surface area contributed by atoms with Gasteiger partial charge in [-0.3, -0.25) is 4.98 Å². The summed E-state index contributed by atoms with van der Waals surface area (Å²) in [5.74, 6) is -1.09. The zero-order valence-electron chi connectivity index (χ0n) is 16.4. The molecule has 6 nitrogen and oxygen atoms in total. The van der Waals surface area contributed by atoms with Gasteiger partial charge in [0.25, 0.3) is 0 Å². The van der Waals surface area contributed by atoms with Crippen molar-refractivity contribution in [2.75, 3.05) is 5.32 Å². The number of carbonyl (C=O) groups is 1. The third-order valence-electron chi connectivity index (χ3n) is 4.24. The Balaban J connectivity index is 1.71. The van der Waals surface area contributed by atoms with Gasteiger partial charge in [-0.25, -0.2) is 17.6 Å². The summed E-state index contributed by atoms with van der Waals surface area (Å²) >= 11 is 0. The van der Waals surface area contributed by atoms with Crippen molar-refractivity contribution in [1.29, 1.82) is 0 Å². The molecule has 0 aliphatic carbocycles. The van der Waals surface area contributed by atoms with Gasteiger partial charge in [0.05, 0.1) is 16.2 Å². The van der Waals surface area contributed by atoms with E-state index in [1.165, 1.54) is 24.3 Å². The Kier molecular flexibility index (Phi) is 6.78. The number of amides is 2.